The van der Waals surface area contributed by atoms with E-state index in [1.165, 1.54) is 18.4 Å². The molecule has 0 spiro atoms. The first-order valence-electron chi connectivity index (χ1n) is 12.6. The van der Waals surface area contributed by atoms with Gasteiger partial charge in [-0.1, -0.05) is 37.1 Å². The van der Waals surface area contributed by atoms with E-state index in [1.54, 1.807) is 7.11 Å². The number of piperazine rings is 1. The Labute approximate surface area is 205 Å². The van der Waals surface area contributed by atoms with Crippen LogP contribution in [0.3, 0.4) is 0 Å². The van der Waals surface area contributed by atoms with Crippen LogP contribution in [-0.4, -0.2) is 70.1 Å². The van der Waals surface area contributed by atoms with Crippen LogP contribution in [-0.2, 0) is 6.54 Å². The Bertz CT molecular complexity index is 1150. The minimum absolute atomic E-state index is 0.0468. The summed E-state index contributed by atoms with van der Waals surface area (Å²) in [6.45, 7) is 4.97. The summed E-state index contributed by atoms with van der Waals surface area (Å²) >= 11 is 0. The summed E-state index contributed by atoms with van der Waals surface area (Å²) in [5.74, 6) is 3.47. The van der Waals surface area contributed by atoms with Crippen LogP contribution >= 0.6 is 0 Å². The lowest BCUT2D eigenvalue weighted by atomic mass is 10.0. The first-order chi connectivity index (χ1) is 17.3. The van der Waals surface area contributed by atoms with Gasteiger partial charge in [0, 0.05) is 38.3 Å². The van der Waals surface area contributed by atoms with E-state index < -0.39 is 0 Å². The molecular weight excluding hydrogens is 444 g/mol. The van der Waals surface area contributed by atoms with Gasteiger partial charge in [-0.25, -0.2) is 4.68 Å². The molecule has 0 unspecified atom stereocenters. The second-order valence-corrected chi connectivity index (χ2v) is 9.56. The molecule has 0 amide bonds. The summed E-state index contributed by atoms with van der Waals surface area (Å²) in [6.07, 6.45) is 4.75. The molecule has 2 aromatic carbocycles. The predicted molar refractivity (Wildman–Crippen MR) is 130 cm³/mol. The monoisotopic (exact) mass is 476 g/mol. The van der Waals surface area contributed by atoms with E-state index in [-0.39, 0.29) is 6.04 Å². The van der Waals surface area contributed by atoms with Crippen molar-refractivity contribution in [1.29, 1.82) is 0 Å². The molecule has 1 atom stereocenters. The highest BCUT2D eigenvalue weighted by atomic mass is 16.7. The Morgan fingerprint density at radius 3 is 2.63 bits per heavy atom. The fraction of sp³-hybridized carbons (Fsp3) is 0.500. The van der Waals surface area contributed by atoms with Gasteiger partial charge < -0.3 is 14.2 Å². The molecule has 1 saturated heterocycles. The van der Waals surface area contributed by atoms with Gasteiger partial charge in [0.05, 0.1) is 13.2 Å². The number of hydrogen-bond donors (Lipinski definition) is 0. The molecule has 184 valence electrons. The molecular formula is C26H32N6O3. The predicted octanol–water partition coefficient (Wildman–Crippen LogP) is 3.43. The van der Waals surface area contributed by atoms with Gasteiger partial charge >= 0.3 is 0 Å². The number of aromatic nitrogens is 4. The molecule has 3 heterocycles. The van der Waals surface area contributed by atoms with Crippen molar-refractivity contribution in [2.45, 2.75) is 44.3 Å². The molecule has 1 saturated carbocycles. The lowest BCUT2D eigenvalue weighted by molar-refractivity contribution is 0.0983. The van der Waals surface area contributed by atoms with Crippen molar-refractivity contribution >= 4 is 0 Å². The van der Waals surface area contributed by atoms with Crippen molar-refractivity contribution < 1.29 is 14.2 Å². The van der Waals surface area contributed by atoms with Crippen LogP contribution in [0.1, 0.15) is 54.7 Å². The summed E-state index contributed by atoms with van der Waals surface area (Å²) in [6, 6.07) is 14.8. The van der Waals surface area contributed by atoms with Crippen LogP contribution in [0, 0.1) is 0 Å². The molecule has 0 bridgehead atoms. The van der Waals surface area contributed by atoms with Gasteiger partial charge in [-0.15, -0.1) is 5.10 Å². The molecule has 9 nitrogen and oxygen atoms in total. The van der Waals surface area contributed by atoms with E-state index in [2.05, 4.69) is 54.3 Å². The number of hydrogen-bond acceptors (Lipinski definition) is 8. The van der Waals surface area contributed by atoms with Crippen LogP contribution in [0.25, 0.3) is 0 Å². The molecule has 3 aromatic rings. The second kappa shape index (κ2) is 9.83. The van der Waals surface area contributed by atoms with E-state index in [4.69, 9.17) is 14.2 Å². The van der Waals surface area contributed by atoms with E-state index in [0.717, 1.165) is 74.2 Å². The molecule has 35 heavy (non-hydrogen) atoms. The van der Waals surface area contributed by atoms with Crippen LogP contribution in [0.2, 0.25) is 0 Å². The lowest BCUT2D eigenvalue weighted by Crippen LogP contribution is -2.48. The zero-order valence-corrected chi connectivity index (χ0v) is 20.2. The van der Waals surface area contributed by atoms with Gasteiger partial charge in [-0.05, 0) is 47.0 Å². The maximum absolute atomic E-state index is 5.78. The van der Waals surface area contributed by atoms with Crippen molar-refractivity contribution in [2.75, 3.05) is 40.1 Å². The topological polar surface area (TPSA) is 77.8 Å². The number of ether oxygens (including phenoxy) is 3. The average Bonchev–Trinajstić information content (AvgIpc) is 3.67. The smallest absolute Gasteiger partial charge is 0.231 e. The minimum atomic E-state index is -0.0468. The van der Waals surface area contributed by atoms with E-state index in [0.29, 0.717) is 12.8 Å². The fourth-order valence-corrected chi connectivity index (χ4v) is 5.66. The standard InChI is InChI=1S/C26H32N6O3/c1-33-22-9-5-4-8-21(22)25(26-27-28-29-32(26)20-6-2-3-7-20)31-14-12-30(13-15-31)17-19-10-11-23-24(16-19)35-18-34-23/h4-5,8-11,16,20,25H,2-3,6-7,12-15,17-18H2,1H3/t25-/m0/s1. The third-order valence-electron chi connectivity index (χ3n) is 7.48. The van der Waals surface area contributed by atoms with Crippen molar-refractivity contribution in [3.63, 3.8) is 0 Å². The molecule has 2 fully saturated rings. The zero-order chi connectivity index (χ0) is 23.6. The number of fused-ring (bicyclic) bond motifs is 1. The Morgan fingerprint density at radius 1 is 1.00 bits per heavy atom. The molecule has 1 aromatic heterocycles. The van der Waals surface area contributed by atoms with Crippen molar-refractivity contribution in [2.24, 2.45) is 0 Å². The number of para-hydroxylation sites is 1. The number of rotatable bonds is 7. The largest absolute Gasteiger partial charge is 0.496 e. The number of nitrogens with zero attached hydrogens (tertiary/aromatic N) is 6. The molecule has 1 aliphatic carbocycles. The van der Waals surface area contributed by atoms with Crippen LogP contribution < -0.4 is 14.2 Å². The van der Waals surface area contributed by atoms with Gasteiger partial charge in [0.1, 0.15) is 11.8 Å². The van der Waals surface area contributed by atoms with E-state index in [1.807, 2.05) is 18.2 Å². The Hall–Kier alpha value is -3.17. The highest BCUT2D eigenvalue weighted by Crippen LogP contribution is 2.38. The quantitative estimate of drug-likeness (QED) is 0.513. The molecule has 9 heteroatoms. The Morgan fingerprint density at radius 2 is 1.80 bits per heavy atom. The first-order valence-corrected chi connectivity index (χ1v) is 12.6. The van der Waals surface area contributed by atoms with Gasteiger partial charge in [-0.3, -0.25) is 9.80 Å². The van der Waals surface area contributed by atoms with Crippen LogP contribution in [0.4, 0.5) is 0 Å². The Kier molecular flexibility index (Phi) is 6.26. The van der Waals surface area contributed by atoms with Gasteiger partial charge in [0.25, 0.3) is 0 Å². The molecule has 3 aliphatic rings. The zero-order valence-electron chi connectivity index (χ0n) is 20.2. The number of tetrazole rings is 1. The number of methoxy groups -OCH3 is 1. The van der Waals surface area contributed by atoms with Gasteiger partial charge in [-0.2, -0.15) is 0 Å². The van der Waals surface area contributed by atoms with Crippen molar-refractivity contribution in [1.82, 2.24) is 30.0 Å². The fourth-order valence-electron chi connectivity index (χ4n) is 5.66. The highest BCUT2D eigenvalue weighted by Gasteiger charge is 2.34. The van der Waals surface area contributed by atoms with Crippen LogP contribution in [0.15, 0.2) is 42.5 Å². The maximum atomic E-state index is 5.78. The molecule has 6 rings (SSSR count). The lowest BCUT2D eigenvalue weighted by Gasteiger charge is -2.39. The summed E-state index contributed by atoms with van der Waals surface area (Å²) in [5, 5.41) is 13.1. The summed E-state index contributed by atoms with van der Waals surface area (Å²) < 4.78 is 18.9. The third kappa shape index (κ3) is 4.46. The number of benzene rings is 2. The van der Waals surface area contributed by atoms with E-state index in [9.17, 15) is 0 Å². The molecule has 0 radical (unpaired) electrons. The highest BCUT2D eigenvalue weighted by molar-refractivity contribution is 5.44. The third-order valence-corrected chi connectivity index (χ3v) is 7.48. The Balaban J connectivity index is 1.23. The summed E-state index contributed by atoms with van der Waals surface area (Å²) in [7, 11) is 1.74. The summed E-state index contributed by atoms with van der Waals surface area (Å²) in [5.41, 5.74) is 2.36. The molecule has 0 N–H and O–H groups in total. The van der Waals surface area contributed by atoms with Crippen molar-refractivity contribution in [3.05, 3.63) is 59.4 Å². The normalized spacial score (nSPS) is 19.8. The summed E-state index contributed by atoms with van der Waals surface area (Å²) in [4.78, 5) is 5.00. The minimum Gasteiger partial charge on any atom is -0.496 e. The average molecular weight is 477 g/mol. The SMILES string of the molecule is COc1ccccc1[C@@H](c1nnnn1C1CCCC1)N1CCN(Cc2ccc3c(c2)OCO3)CC1. The maximum Gasteiger partial charge on any atom is 0.231 e. The van der Waals surface area contributed by atoms with Gasteiger partial charge in [0.15, 0.2) is 17.3 Å². The van der Waals surface area contributed by atoms with Crippen LogP contribution in [0.5, 0.6) is 17.2 Å². The van der Waals surface area contributed by atoms with Gasteiger partial charge in [0.2, 0.25) is 6.79 Å². The first kappa shape index (κ1) is 22.3. The molecule has 2 aliphatic heterocycles. The second-order valence-electron chi connectivity index (χ2n) is 9.56. The van der Waals surface area contributed by atoms with Crippen molar-refractivity contribution in [3.8, 4) is 17.2 Å². The van der Waals surface area contributed by atoms with E-state index >= 15 is 0 Å².